The summed E-state index contributed by atoms with van der Waals surface area (Å²) < 4.78 is 53.5. The smallest absolute Gasteiger partial charge is 0.407 e. The molecule has 0 unspecified atom stereocenters. The van der Waals surface area contributed by atoms with Crippen LogP contribution in [0.2, 0.25) is 0 Å². The van der Waals surface area contributed by atoms with Gasteiger partial charge in [0.25, 0.3) is 0 Å². The van der Waals surface area contributed by atoms with Crippen LogP contribution in [0.1, 0.15) is 23.1 Å². The van der Waals surface area contributed by atoms with Gasteiger partial charge >= 0.3 is 6.09 Å². The van der Waals surface area contributed by atoms with Crippen LogP contribution in [0.25, 0.3) is 0 Å². The molecule has 0 bridgehead atoms. The fraction of sp³-hybridized carbons (Fsp3) is 0.286. The summed E-state index contributed by atoms with van der Waals surface area (Å²) in [4.78, 5) is 29.4. The van der Waals surface area contributed by atoms with Crippen LogP contribution >= 0.6 is 0 Å². The number of nitrogens with zero attached hydrogens (tertiary/aromatic N) is 1. The first-order valence-electron chi connectivity index (χ1n) is 15.3. The second kappa shape index (κ2) is 16.6. The fourth-order valence-corrected chi connectivity index (χ4v) is 5.13. The molecule has 246 valence electrons. The Morgan fingerprint density at radius 2 is 1.66 bits per heavy atom. The van der Waals surface area contributed by atoms with E-state index in [2.05, 4.69) is 26.3 Å². The topological polar surface area (TPSA) is 114 Å². The summed E-state index contributed by atoms with van der Waals surface area (Å²) in [5, 5.41) is 12.0. The number of hydrogen-bond donors (Lipinski definition) is 4. The highest BCUT2D eigenvalue weighted by Gasteiger charge is 2.25. The number of nitrogens with one attached hydrogen (secondary N) is 4. The quantitative estimate of drug-likeness (QED) is 0.154. The van der Waals surface area contributed by atoms with Crippen molar-refractivity contribution in [1.82, 2.24) is 15.6 Å². The number of pyridine rings is 1. The van der Waals surface area contributed by atoms with E-state index in [9.17, 15) is 18.4 Å². The third-order valence-corrected chi connectivity index (χ3v) is 7.72. The van der Waals surface area contributed by atoms with E-state index < -0.39 is 35.5 Å². The number of carbonyl (C=O) groups is 2. The lowest BCUT2D eigenvalue weighted by molar-refractivity contribution is -0.116. The van der Waals surface area contributed by atoms with Crippen molar-refractivity contribution in [2.24, 2.45) is 0 Å². The second-order valence-electron chi connectivity index (χ2n) is 11.2. The zero-order valence-corrected chi connectivity index (χ0v) is 25.6. The molecule has 9 nitrogen and oxygen atoms in total. The van der Waals surface area contributed by atoms with E-state index in [4.69, 9.17) is 9.47 Å². The van der Waals surface area contributed by atoms with E-state index in [-0.39, 0.29) is 25.2 Å². The van der Waals surface area contributed by atoms with E-state index in [0.29, 0.717) is 55.0 Å². The summed E-state index contributed by atoms with van der Waals surface area (Å²) in [6.07, 6.45) is 3.55. The van der Waals surface area contributed by atoms with Crippen LogP contribution in [-0.4, -0.2) is 54.9 Å². The molecule has 0 saturated carbocycles. The average Bonchev–Trinajstić information content (AvgIpc) is 3.08. The zero-order valence-electron chi connectivity index (χ0n) is 25.6. The molecule has 0 spiro atoms. The molecule has 2 amide bonds. The highest BCUT2D eigenvalue weighted by atomic mass is 19.1. The maximum atomic E-state index is 15.2. The molecule has 47 heavy (non-hydrogen) atoms. The largest absolute Gasteiger partial charge is 0.448 e. The fourth-order valence-electron chi connectivity index (χ4n) is 5.13. The molecule has 3 atom stereocenters. The summed E-state index contributed by atoms with van der Waals surface area (Å²) in [5.41, 5.74) is 2.84. The number of ether oxygens (including phenoxy) is 2. The molecule has 12 heteroatoms. The van der Waals surface area contributed by atoms with Crippen molar-refractivity contribution in [2.45, 2.75) is 44.0 Å². The molecule has 0 aliphatic carbocycles. The summed E-state index contributed by atoms with van der Waals surface area (Å²) in [6, 6.07) is 18.4. The molecule has 4 aromatic rings. The van der Waals surface area contributed by atoms with Crippen molar-refractivity contribution in [3.05, 3.63) is 125 Å². The van der Waals surface area contributed by atoms with Crippen molar-refractivity contribution < 1.29 is 32.2 Å². The normalized spacial score (nSPS) is 16.6. The molecule has 2 heterocycles. The Morgan fingerprint density at radius 1 is 0.936 bits per heavy atom. The van der Waals surface area contributed by atoms with Crippen LogP contribution < -0.4 is 21.3 Å². The predicted octanol–water partition coefficient (Wildman–Crippen LogP) is 5.38. The van der Waals surface area contributed by atoms with Gasteiger partial charge in [-0.15, -0.1) is 0 Å². The zero-order chi connectivity index (χ0) is 33.0. The van der Waals surface area contributed by atoms with Gasteiger partial charge in [-0.1, -0.05) is 18.2 Å². The number of halogens is 3. The van der Waals surface area contributed by atoms with Gasteiger partial charge in [0.15, 0.2) is 0 Å². The molecular weight excluding hydrogens is 611 g/mol. The van der Waals surface area contributed by atoms with Crippen molar-refractivity contribution in [1.29, 1.82) is 0 Å². The molecule has 3 aromatic carbocycles. The maximum Gasteiger partial charge on any atom is 0.407 e. The first kappa shape index (κ1) is 33.4. The van der Waals surface area contributed by atoms with E-state index in [1.807, 2.05) is 0 Å². The Hall–Kier alpha value is -4.94. The van der Waals surface area contributed by atoms with Crippen LogP contribution in [0, 0.1) is 17.5 Å². The van der Waals surface area contributed by atoms with Gasteiger partial charge in [0.05, 0.1) is 18.8 Å². The summed E-state index contributed by atoms with van der Waals surface area (Å²) in [7, 11) is 0. The second-order valence-corrected chi connectivity index (χ2v) is 11.2. The number of benzene rings is 3. The van der Waals surface area contributed by atoms with Gasteiger partial charge in [-0.2, -0.15) is 0 Å². The number of morpholine rings is 1. The van der Waals surface area contributed by atoms with Gasteiger partial charge in [0, 0.05) is 48.8 Å². The molecule has 1 saturated heterocycles. The summed E-state index contributed by atoms with van der Waals surface area (Å²) >= 11 is 0. The summed E-state index contributed by atoms with van der Waals surface area (Å²) in [6.45, 7) is 1.26. The van der Waals surface area contributed by atoms with Crippen molar-refractivity contribution in [2.75, 3.05) is 30.4 Å². The number of rotatable bonds is 13. The first-order chi connectivity index (χ1) is 22.8. The predicted molar refractivity (Wildman–Crippen MR) is 171 cm³/mol. The molecule has 1 aliphatic heterocycles. The van der Waals surface area contributed by atoms with E-state index in [1.165, 1.54) is 42.5 Å². The standard InChI is InChI=1S/C35H36F3N5O4/c36-25-6-4-23(5-7-25)18-33(34(44)42-27-10-8-26(37)9-11-27)43-32-3-1-2-31(38)30(32)13-12-29-20-40-28(21-46-29)22-47-35(45)41-19-24-14-16-39-17-15-24/h1-11,14-17,28-29,33,40,43H,12-13,18-22H2,(H,41,45)(H,42,44)/t28-,29+,33-/m0/s1. The molecule has 5 rings (SSSR count). The van der Waals surface area contributed by atoms with Gasteiger partial charge in [-0.3, -0.25) is 9.78 Å². The number of aromatic nitrogens is 1. The number of alkyl carbamates (subject to hydrolysis) is 1. The molecular formula is C35H36F3N5O4. The SMILES string of the molecule is O=C(NCc1ccncc1)OC[C@@H]1CO[C@H](CCc2c(F)cccc2N[C@@H](Cc2ccc(F)cc2)C(=O)Nc2ccc(F)cc2)CN1. The average molecular weight is 648 g/mol. The molecule has 0 radical (unpaired) electrons. The Morgan fingerprint density at radius 3 is 2.36 bits per heavy atom. The van der Waals surface area contributed by atoms with E-state index in [0.717, 1.165) is 5.56 Å². The first-order valence-corrected chi connectivity index (χ1v) is 15.3. The number of hydrogen-bond acceptors (Lipinski definition) is 7. The lowest BCUT2D eigenvalue weighted by atomic mass is 10.0. The van der Waals surface area contributed by atoms with Gasteiger partial charge in [-0.05, 0) is 84.6 Å². The van der Waals surface area contributed by atoms with Crippen molar-refractivity contribution >= 4 is 23.4 Å². The van der Waals surface area contributed by atoms with Crippen molar-refractivity contribution in [3.63, 3.8) is 0 Å². The molecule has 1 aliphatic rings. The van der Waals surface area contributed by atoms with Gasteiger partial charge in [0.2, 0.25) is 5.91 Å². The van der Waals surface area contributed by atoms with Gasteiger partial charge < -0.3 is 30.7 Å². The number of anilines is 2. The third-order valence-electron chi connectivity index (χ3n) is 7.72. The molecule has 1 fully saturated rings. The lowest BCUT2D eigenvalue weighted by Gasteiger charge is -2.30. The lowest BCUT2D eigenvalue weighted by Crippen LogP contribution is -2.49. The number of carbonyl (C=O) groups excluding carboxylic acids is 2. The Balaban J connectivity index is 1.15. The maximum absolute atomic E-state index is 15.2. The highest BCUT2D eigenvalue weighted by Crippen LogP contribution is 2.24. The Kier molecular flexibility index (Phi) is 11.8. The van der Waals surface area contributed by atoms with E-state index in [1.54, 1.807) is 48.8 Å². The molecule has 4 N–H and O–H groups in total. The van der Waals surface area contributed by atoms with Gasteiger partial charge in [0.1, 0.15) is 30.1 Å². The monoisotopic (exact) mass is 647 g/mol. The van der Waals surface area contributed by atoms with Crippen LogP contribution in [0.5, 0.6) is 0 Å². The molecule has 1 aromatic heterocycles. The van der Waals surface area contributed by atoms with Crippen molar-refractivity contribution in [3.8, 4) is 0 Å². The minimum absolute atomic E-state index is 0.131. The third kappa shape index (κ3) is 10.3. The number of amides is 2. The van der Waals surface area contributed by atoms with E-state index >= 15 is 4.39 Å². The summed E-state index contributed by atoms with van der Waals surface area (Å²) in [5.74, 6) is -1.69. The van der Waals surface area contributed by atoms with Crippen LogP contribution in [0.15, 0.2) is 91.3 Å². The Labute approximate surface area is 270 Å². The van der Waals surface area contributed by atoms with Crippen LogP contribution in [0.4, 0.5) is 29.3 Å². The van der Waals surface area contributed by atoms with Crippen LogP contribution in [-0.2, 0) is 33.7 Å². The minimum Gasteiger partial charge on any atom is -0.448 e. The highest BCUT2D eigenvalue weighted by molar-refractivity contribution is 5.96. The minimum atomic E-state index is -0.860. The van der Waals surface area contributed by atoms with Crippen LogP contribution in [0.3, 0.4) is 0 Å². The Bertz CT molecular complexity index is 1600. The van der Waals surface area contributed by atoms with Gasteiger partial charge in [-0.25, -0.2) is 18.0 Å².